The molecular formula is C21H32BN3O4. The number of hydrogen-bond donors (Lipinski definition) is 3. The average molecular weight is 401 g/mol. The number of carbonyl (C=O) groups excluding carboxylic acids is 2. The zero-order valence-electron chi connectivity index (χ0n) is 17.2. The van der Waals surface area contributed by atoms with Gasteiger partial charge >= 0.3 is 7.69 Å². The van der Waals surface area contributed by atoms with Gasteiger partial charge in [-0.25, -0.2) is 0 Å². The molecule has 1 atom stereocenters. The van der Waals surface area contributed by atoms with Crippen molar-refractivity contribution < 1.29 is 19.3 Å². The lowest BCUT2D eigenvalue weighted by atomic mass is 9.82. The first-order chi connectivity index (χ1) is 14.0. The van der Waals surface area contributed by atoms with Gasteiger partial charge in [0.1, 0.15) is 11.6 Å². The van der Waals surface area contributed by atoms with Crippen molar-refractivity contribution in [1.82, 2.24) is 10.2 Å². The molecule has 29 heavy (non-hydrogen) atoms. The van der Waals surface area contributed by atoms with Gasteiger partial charge in [-0.3, -0.25) is 9.59 Å². The van der Waals surface area contributed by atoms with Crippen LogP contribution in [0, 0.1) is 5.41 Å². The van der Waals surface area contributed by atoms with Crippen LogP contribution in [0.15, 0.2) is 24.3 Å². The maximum absolute atomic E-state index is 13.6. The lowest BCUT2D eigenvalue weighted by molar-refractivity contribution is -0.152. The summed E-state index contributed by atoms with van der Waals surface area (Å²) >= 11 is 0. The fraction of sp³-hybridized carbons (Fsp3) is 0.619. The van der Waals surface area contributed by atoms with E-state index in [-0.39, 0.29) is 17.9 Å². The fourth-order valence-electron chi connectivity index (χ4n) is 4.70. The van der Waals surface area contributed by atoms with E-state index in [9.17, 15) is 9.59 Å². The summed E-state index contributed by atoms with van der Waals surface area (Å²) in [5.41, 5.74) is 7.06. The number of hydrogen-bond acceptors (Lipinski definition) is 5. The van der Waals surface area contributed by atoms with Crippen molar-refractivity contribution in [3.05, 3.63) is 35.4 Å². The van der Waals surface area contributed by atoms with Crippen LogP contribution in [0.1, 0.15) is 49.7 Å². The molecule has 7 nitrogen and oxygen atoms in total. The predicted molar refractivity (Wildman–Crippen MR) is 112 cm³/mol. The third-order valence-electron chi connectivity index (χ3n) is 6.44. The Balaban J connectivity index is 1.72. The molecule has 1 fully saturated rings. The highest BCUT2D eigenvalue weighted by Gasteiger charge is 2.50. The molecule has 0 radical (unpaired) electrons. The monoisotopic (exact) mass is 401 g/mol. The van der Waals surface area contributed by atoms with Gasteiger partial charge in [0.25, 0.3) is 0 Å². The summed E-state index contributed by atoms with van der Waals surface area (Å²) in [6, 6.07) is 8.35. The molecule has 0 aromatic heterocycles. The molecule has 0 bridgehead atoms. The highest BCUT2D eigenvalue weighted by molar-refractivity contribution is 6.16. The lowest BCUT2D eigenvalue weighted by Crippen LogP contribution is -2.55. The maximum Gasteiger partial charge on any atom is 0.436 e. The molecule has 158 valence electrons. The Labute approximate surface area is 173 Å². The molecule has 4 N–H and O–H groups in total. The Bertz CT molecular complexity index is 699. The number of rotatable bonds is 9. The first kappa shape index (κ1) is 21.8. The van der Waals surface area contributed by atoms with Gasteiger partial charge in [-0.1, -0.05) is 37.1 Å². The van der Waals surface area contributed by atoms with Crippen LogP contribution < -0.4 is 11.1 Å². The van der Waals surface area contributed by atoms with E-state index in [4.69, 9.17) is 15.4 Å². The third-order valence-corrected chi connectivity index (χ3v) is 6.44. The number of benzene rings is 1. The van der Waals surface area contributed by atoms with Crippen molar-refractivity contribution >= 4 is 19.5 Å². The van der Waals surface area contributed by atoms with E-state index >= 15 is 0 Å². The van der Waals surface area contributed by atoms with Crippen LogP contribution in [0.3, 0.4) is 0 Å². The molecule has 2 aliphatic carbocycles. The van der Waals surface area contributed by atoms with Gasteiger partial charge in [0.05, 0.1) is 0 Å². The van der Waals surface area contributed by atoms with Gasteiger partial charge in [0.2, 0.25) is 11.8 Å². The first-order valence-corrected chi connectivity index (χ1v) is 10.6. The standard InChI is InChI=1S/C21H32BN3O4/c1-25(17-13-15-7-2-3-8-16(15)14-17)20(27)21(10-4-5-11-21)19(26)24-18(29-22-28)9-6-12-23/h2-3,7-8,17-18,22,28H,4-6,9-14,23H2,1H3,(H,24,26)/t18-/m1/s1. The molecular weight excluding hydrogens is 369 g/mol. The van der Waals surface area contributed by atoms with Gasteiger partial charge in [-0.2, -0.15) is 0 Å². The second-order valence-electron chi connectivity index (χ2n) is 8.22. The number of nitrogens with zero attached hydrogens (tertiary/aromatic N) is 1. The minimum Gasteiger partial charge on any atom is -0.430 e. The molecule has 8 heteroatoms. The smallest absolute Gasteiger partial charge is 0.430 e. The van der Waals surface area contributed by atoms with Crippen molar-refractivity contribution in [3.8, 4) is 0 Å². The van der Waals surface area contributed by atoms with Gasteiger partial charge < -0.3 is 25.6 Å². The van der Waals surface area contributed by atoms with Crippen molar-refractivity contribution in [2.24, 2.45) is 11.1 Å². The molecule has 1 saturated carbocycles. The summed E-state index contributed by atoms with van der Waals surface area (Å²) in [4.78, 5) is 28.6. The van der Waals surface area contributed by atoms with Crippen LogP contribution in [0.2, 0.25) is 0 Å². The molecule has 0 saturated heterocycles. The van der Waals surface area contributed by atoms with E-state index in [0.717, 1.165) is 25.7 Å². The Hall–Kier alpha value is -1.90. The van der Waals surface area contributed by atoms with Crippen LogP contribution >= 0.6 is 0 Å². The summed E-state index contributed by atoms with van der Waals surface area (Å²) in [5.74, 6) is -0.398. The molecule has 0 aliphatic heterocycles. The van der Waals surface area contributed by atoms with Crippen molar-refractivity contribution in [2.45, 2.75) is 63.6 Å². The predicted octanol–water partition coefficient (Wildman–Crippen LogP) is 0.629. The fourth-order valence-corrected chi connectivity index (χ4v) is 4.70. The number of carbonyl (C=O) groups is 2. The van der Waals surface area contributed by atoms with E-state index in [1.807, 2.05) is 19.2 Å². The van der Waals surface area contributed by atoms with Crippen molar-refractivity contribution in [3.63, 3.8) is 0 Å². The van der Waals surface area contributed by atoms with Crippen LogP contribution in [0.25, 0.3) is 0 Å². The second kappa shape index (κ2) is 9.74. The van der Waals surface area contributed by atoms with E-state index in [0.29, 0.717) is 32.2 Å². The van der Waals surface area contributed by atoms with Crippen molar-refractivity contribution in [2.75, 3.05) is 13.6 Å². The molecule has 0 heterocycles. The SMILES string of the molecule is CN(C(=O)C1(C(=O)N[C@@H](CCCN)OBO)CCCC1)C1Cc2ccccc2C1. The summed E-state index contributed by atoms with van der Waals surface area (Å²) in [6.45, 7) is 0.468. The highest BCUT2D eigenvalue weighted by Crippen LogP contribution is 2.41. The molecule has 0 spiro atoms. The number of nitrogens with one attached hydrogen (secondary N) is 1. The van der Waals surface area contributed by atoms with Crippen LogP contribution in [0.5, 0.6) is 0 Å². The number of amides is 2. The minimum absolute atomic E-state index is 0.0758. The van der Waals surface area contributed by atoms with Crippen LogP contribution in [-0.2, 0) is 27.1 Å². The quantitative estimate of drug-likeness (QED) is 0.320. The molecule has 1 aromatic rings. The Kier molecular flexibility index (Phi) is 7.32. The normalized spacial score (nSPS) is 18.9. The van der Waals surface area contributed by atoms with Crippen molar-refractivity contribution in [1.29, 1.82) is 0 Å². The zero-order chi connectivity index (χ0) is 20.9. The average Bonchev–Trinajstić information content (AvgIpc) is 3.38. The van der Waals surface area contributed by atoms with E-state index < -0.39 is 19.3 Å². The number of fused-ring (bicyclic) bond motifs is 1. The Morgan fingerprint density at radius 3 is 2.48 bits per heavy atom. The molecule has 2 aliphatic rings. The highest BCUT2D eigenvalue weighted by atomic mass is 16.5. The van der Waals surface area contributed by atoms with E-state index in [2.05, 4.69) is 17.4 Å². The van der Waals surface area contributed by atoms with Gasteiger partial charge in [0, 0.05) is 13.1 Å². The van der Waals surface area contributed by atoms with Crippen LogP contribution in [-0.4, -0.2) is 55.3 Å². The zero-order valence-corrected chi connectivity index (χ0v) is 17.2. The van der Waals surface area contributed by atoms with Gasteiger partial charge in [-0.05, 0) is 56.2 Å². The second-order valence-corrected chi connectivity index (χ2v) is 8.22. The minimum atomic E-state index is -1.05. The Morgan fingerprint density at radius 2 is 1.93 bits per heavy atom. The van der Waals surface area contributed by atoms with Crippen LogP contribution in [0.4, 0.5) is 0 Å². The summed E-state index contributed by atoms with van der Waals surface area (Å²) in [6.07, 6.45) is 4.97. The summed E-state index contributed by atoms with van der Waals surface area (Å²) in [7, 11) is 1.33. The Morgan fingerprint density at radius 1 is 1.31 bits per heavy atom. The summed E-state index contributed by atoms with van der Waals surface area (Å²) in [5, 5.41) is 12.0. The van der Waals surface area contributed by atoms with E-state index in [1.54, 1.807) is 4.90 Å². The molecule has 1 aromatic carbocycles. The first-order valence-electron chi connectivity index (χ1n) is 10.6. The summed E-state index contributed by atoms with van der Waals surface area (Å²) < 4.78 is 5.24. The van der Waals surface area contributed by atoms with E-state index in [1.165, 1.54) is 11.1 Å². The molecule has 2 amide bonds. The molecule has 0 unspecified atom stereocenters. The topological polar surface area (TPSA) is 105 Å². The van der Waals surface area contributed by atoms with Gasteiger partial charge in [0.15, 0.2) is 0 Å². The largest absolute Gasteiger partial charge is 0.436 e. The lowest BCUT2D eigenvalue weighted by Gasteiger charge is -2.35. The number of likely N-dealkylation sites (N-methyl/N-ethyl adjacent to an activating group) is 1. The van der Waals surface area contributed by atoms with Gasteiger partial charge in [-0.15, -0.1) is 0 Å². The maximum atomic E-state index is 13.6. The molecule has 3 rings (SSSR count). The third kappa shape index (κ3) is 4.65. The number of nitrogens with two attached hydrogens (primary N) is 1.